The number of rotatable bonds is 4. The summed E-state index contributed by atoms with van der Waals surface area (Å²) in [7, 11) is 1.58. The van der Waals surface area contributed by atoms with Crippen molar-refractivity contribution in [1.82, 2.24) is 4.90 Å². The molecule has 1 atom stereocenters. The van der Waals surface area contributed by atoms with Crippen molar-refractivity contribution in [3.63, 3.8) is 0 Å². The highest BCUT2D eigenvalue weighted by Gasteiger charge is 2.12. The van der Waals surface area contributed by atoms with Gasteiger partial charge in [-0.25, -0.2) is 9.18 Å². The van der Waals surface area contributed by atoms with Gasteiger partial charge in [0.05, 0.1) is 17.4 Å². The number of carbonyl (C=O) groups is 1. The van der Waals surface area contributed by atoms with Crippen LogP contribution >= 0.6 is 0 Å². The summed E-state index contributed by atoms with van der Waals surface area (Å²) in [6, 6.07) is 4.98. The zero-order valence-corrected chi connectivity index (χ0v) is 10.9. The largest absolute Gasteiger partial charge is 0.393 e. The Labute approximate surface area is 111 Å². The summed E-state index contributed by atoms with van der Waals surface area (Å²) < 4.78 is 12.9. The van der Waals surface area contributed by atoms with Crippen LogP contribution in [0.1, 0.15) is 18.9 Å². The number of amides is 2. The predicted octanol–water partition coefficient (Wildman–Crippen LogP) is 1.93. The van der Waals surface area contributed by atoms with Gasteiger partial charge in [-0.2, -0.15) is 5.26 Å². The molecule has 19 heavy (non-hydrogen) atoms. The van der Waals surface area contributed by atoms with E-state index >= 15 is 0 Å². The molecule has 1 aromatic rings. The fraction of sp³-hybridized carbons (Fsp3) is 0.385. The summed E-state index contributed by atoms with van der Waals surface area (Å²) in [4.78, 5) is 13.2. The second kappa shape index (κ2) is 6.71. The highest BCUT2D eigenvalue weighted by molar-refractivity contribution is 5.90. The van der Waals surface area contributed by atoms with Gasteiger partial charge < -0.3 is 15.3 Å². The van der Waals surface area contributed by atoms with Crippen LogP contribution in [0, 0.1) is 17.1 Å². The highest BCUT2D eigenvalue weighted by atomic mass is 19.1. The Bertz CT molecular complexity index is 497. The van der Waals surface area contributed by atoms with Crippen LogP contribution in [-0.2, 0) is 0 Å². The van der Waals surface area contributed by atoms with Crippen LogP contribution in [0.3, 0.4) is 0 Å². The van der Waals surface area contributed by atoms with Gasteiger partial charge in [0.25, 0.3) is 0 Å². The van der Waals surface area contributed by atoms with Crippen LogP contribution in [0.2, 0.25) is 0 Å². The average Bonchev–Trinajstić information content (AvgIpc) is 2.37. The maximum atomic E-state index is 12.9. The number of carbonyl (C=O) groups excluding carboxylic acids is 1. The van der Waals surface area contributed by atoms with Gasteiger partial charge in [0.15, 0.2) is 0 Å². The number of hydrogen-bond acceptors (Lipinski definition) is 3. The van der Waals surface area contributed by atoms with E-state index in [9.17, 15) is 9.18 Å². The minimum atomic E-state index is -0.531. The summed E-state index contributed by atoms with van der Waals surface area (Å²) in [6.07, 6.45) is -0.0333. The molecule has 1 aromatic carbocycles. The maximum Gasteiger partial charge on any atom is 0.321 e. The quantitative estimate of drug-likeness (QED) is 0.873. The Morgan fingerprint density at radius 2 is 2.32 bits per heavy atom. The first-order valence-corrected chi connectivity index (χ1v) is 5.84. The van der Waals surface area contributed by atoms with Gasteiger partial charge in [-0.15, -0.1) is 0 Å². The molecule has 2 amide bonds. The highest BCUT2D eigenvalue weighted by Crippen LogP contribution is 2.16. The van der Waals surface area contributed by atoms with Gasteiger partial charge >= 0.3 is 6.03 Å². The molecule has 0 radical (unpaired) electrons. The summed E-state index contributed by atoms with van der Waals surface area (Å²) in [5.41, 5.74) is 0.329. The van der Waals surface area contributed by atoms with Gasteiger partial charge in [0.1, 0.15) is 11.9 Å². The molecule has 0 heterocycles. The van der Waals surface area contributed by atoms with Crippen molar-refractivity contribution in [2.24, 2.45) is 0 Å². The number of nitriles is 1. The van der Waals surface area contributed by atoms with Crippen molar-refractivity contribution in [2.75, 3.05) is 18.9 Å². The summed E-state index contributed by atoms with van der Waals surface area (Å²) in [5, 5.41) is 20.5. The first kappa shape index (κ1) is 14.9. The Hall–Kier alpha value is -2.13. The number of halogens is 1. The van der Waals surface area contributed by atoms with Crippen molar-refractivity contribution < 1.29 is 14.3 Å². The third-order valence-electron chi connectivity index (χ3n) is 2.57. The van der Waals surface area contributed by atoms with E-state index < -0.39 is 18.0 Å². The average molecular weight is 265 g/mol. The molecule has 102 valence electrons. The van der Waals surface area contributed by atoms with Crippen LogP contribution in [0.4, 0.5) is 14.9 Å². The van der Waals surface area contributed by atoms with Crippen LogP contribution < -0.4 is 5.32 Å². The second-order valence-corrected chi connectivity index (χ2v) is 4.29. The van der Waals surface area contributed by atoms with Crippen molar-refractivity contribution in [1.29, 1.82) is 5.26 Å². The molecule has 5 nitrogen and oxygen atoms in total. The maximum absolute atomic E-state index is 12.9. The molecule has 0 aliphatic heterocycles. The lowest BCUT2D eigenvalue weighted by molar-refractivity contribution is 0.167. The van der Waals surface area contributed by atoms with Crippen molar-refractivity contribution in [2.45, 2.75) is 19.4 Å². The van der Waals surface area contributed by atoms with E-state index in [-0.39, 0.29) is 11.3 Å². The Balaban J connectivity index is 2.69. The lowest BCUT2D eigenvalue weighted by Crippen LogP contribution is -2.33. The molecule has 0 aromatic heterocycles. The molecule has 0 saturated carbocycles. The van der Waals surface area contributed by atoms with E-state index in [1.165, 1.54) is 17.0 Å². The van der Waals surface area contributed by atoms with Gasteiger partial charge in [-0.1, -0.05) is 0 Å². The van der Waals surface area contributed by atoms with E-state index in [0.29, 0.717) is 13.0 Å². The number of urea groups is 1. The SMILES string of the molecule is CC(O)CCN(C)C(=O)Nc1ccc(F)cc1C#N. The van der Waals surface area contributed by atoms with Crippen molar-refractivity contribution in [3.8, 4) is 6.07 Å². The smallest absolute Gasteiger partial charge is 0.321 e. The predicted molar refractivity (Wildman–Crippen MR) is 69.1 cm³/mol. The molecule has 0 saturated heterocycles. The fourth-order valence-corrected chi connectivity index (χ4v) is 1.41. The number of hydrogen-bond donors (Lipinski definition) is 2. The number of aliphatic hydroxyl groups is 1. The number of anilines is 1. The van der Waals surface area contributed by atoms with Crippen LogP contribution in [0.5, 0.6) is 0 Å². The molecule has 1 rings (SSSR count). The van der Waals surface area contributed by atoms with Gasteiger partial charge in [-0.3, -0.25) is 0 Å². The Kier molecular flexibility index (Phi) is 5.27. The van der Waals surface area contributed by atoms with Gasteiger partial charge in [-0.05, 0) is 31.5 Å². The van der Waals surface area contributed by atoms with E-state index in [0.717, 1.165) is 6.07 Å². The molecule has 0 spiro atoms. The summed E-state index contributed by atoms with van der Waals surface area (Å²) in [5.74, 6) is -0.531. The summed E-state index contributed by atoms with van der Waals surface area (Å²) >= 11 is 0. The third-order valence-corrected chi connectivity index (χ3v) is 2.57. The topological polar surface area (TPSA) is 76.4 Å². The molecule has 0 bridgehead atoms. The van der Waals surface area contributed by atoms with Gasteiger partial charge in [0.2, 0.25) is 0 Å². The molecule has 0 aliphatic rings. The number of nitrogens with zero attached hydrogens (tertiary/aromatic N) is 2. The van der Waals surface area contributed by atoms with Crippen molar-refractivity contribution in [3.05, 3.63) is 29.6 Å². The number of benzene rings is 1. The van der Waals surface area contributed by atoms with Crippen LogP contribution in [-0.4, -0.2) is 35.7 Å². The summed E-state index contributed by atoms with van der Waals surface area (Å²) in [6.45, 7) is 2.02. The number of nitrogens with one attached hydrogen (secondary N) is 1. The minimum absolute atomic E-state index is 0.0669. The molecule has 6 heteroatoms. The first-order valence-electron chi connectivity index (χ1n) is 5.84. The molecular formula is C13H16FN3O2. The molecule has 2 N–H and O–H groups in total. The van der Waals surface area contributed by atoms with Gasteiger partial charge in [0, 0.05) is 13.6 Å². The monoisotopic (exact) mass is 265 g/mol. The number of aliphatic hydroxyl groups excluding tert-OH is 1. The Morgan fingerprint density at radius 3 is 2.89 bits per heavy atom. The second-order valence-electron chi connectivity index (χ2n) is 4.29. The third kappa shape index (κ3) is 4.56. The van der Waals surface area contributed by atoms with E-state index in [4.69, 9.17) is 10.4 Å². The van der Waals surface area contributed by atoms with E-state index in [2.05, 4.69) is 5.32 Å². The molecule has 0 fully saturated rings. The fourth-order valence-electron chi connectivity index (χ4n) is 1.41. The molecule has 0 aliphatic carbocycles. The lowest BCUT2D eigenvalue weighted by Gasteiger charge is -2.19. The normalized spacial score (nSPS) is 11.5. The van der Waals surface area contributed by atoms with E-state index in [1.54, 1.807) is 14.0 Å². The van der Waals surface area contributed by atoms with Crippen molar-refractivity contribution >= 4 is 11.7 Å². The van der Waals surface area contributed by atoms with Crippen LogP contribution in [0.25, 0.3) is 0 Å². The molecule has 1 unspecified atom stereocenters. The minimum Gasteiger partial charge on any atom is -0.393 e. The standard InChI is InChI=1S/C13H16FN3O2/c1-9(18)5-6-17(2)13(19)16-12-4-3-11(14)7-10(12)8-15/h3-4,7,9,18H,5-6H2,1-2H3,(H,16,19). The Morgan fingerprint density at radius 1 is 1.63 bits per heavy atom. The zero-order chi connectivity index (χ0) is 14.4. The lowest BCUT2D eigenvalue weighted by atomic mass is 10.2. The van der Waals surface area contributed by atoms with Crippen LogP contribution in [0.15, 0.2) is 18.2 Å². The molecular weight excluding hydrogens is 249 g/mol. The first-order chi connectivity index (χ1) is 8.93. The van der Waals surface area contributed by atoms with E-state index in [1.807, 2.05) is 6.07 Å². The zero-order valence-electron chi connectivity index (χ0n) is 10.9.